The Morgan fingerprint density at radius 3 is 2.54 bits per heavy atom. The molecule has 1 aliphatic heterocycles. The van der Waals surface area contributed by atoms with Gasteiger partial charge in [-0.05, 0) is 73.6 Å². The number of rotatable bonds is 7. The maximum Gasteiger partial charge on any atom is 0.255 e. The van der Waals surface area contributed by atoms with E-state index >= 15 is 0 Å². The minimum Gasteiger partial charge on any atom is -0.338 e. The highest BCUT2D eigenvalue weighted by atomic mass is 35.5. The van der Waals surface area contributed by atoms with E-state index in [2.05, 4.69) is 49.4 Å². The summed E-state index contributed by atoms with van der Waals surface area (Å²) in [6.07, 6.45) is 4.67. The molecule has 1 fully saturated rings. The standard InChI is InChI=1S/C30H30ClN7O/c1-36-14-16-37(17-15-36)13-12-21-2-7-25(8-3-21)33-30(39)22-4-11-27-28(18-22)35-29(34-27)23-19-32-38(20-23)26-9-5-24(31)6-10-26/h2-11,18-20H,12-17H2,1H3,(H,33,39)(H,34,35). The van der Waals surface area contributed by atoms with Crippen LogP contribution in [-0.2, 0) is 6.42 Å². The molecule has 8 nitrogen and oxygen atoms in total. The van der Waals surface area contributed by atoms with E-state index in [1.807, 2.05) is 54.7 Å². The molecule has 0 radical (unpaired) electrons. The van der Waals surface area contributed by atoms with Crippen LogP contribution in [0, 0.1) is 0 Å². The average Bonchev–Trinajstić information content (AvgIpc) is 3.61. The average molecular weight is 540 g/mol. The van der Waals surface area contributed by atoms with E-state index in [-0.39, 0.29) is 5.91 Å². The van der Waals surface area contributed by atoms with Crippen LogP contribution in [0.3, 0.4) is 0 Å². The third-order valence-electron chi connectivity index (χ3n) is 7.22. The van der Waals surface area contributed by atoms with Gasteiger partial charge in [0.2, 0.25) is 0 Å². The fraction of sp³-hybridized carbons (Fsp3) is 0.233. The summed E-state index contributed by atoms with van der Waals surface area (Å²) >= 11 is 6.00. The molecule has 1 aliphatic rings. The molecule has 0 saturated carbocycles. The number of carbonyl (C=O) groups excluding carboxylic acids is 1. The monoisotopic (exact) mass is 539 g/mol. The van der Waals surface area contributed by atoms with Crippen molar-refractivity contribution in [1.29, 1.82) is 0 Å². The zero-order valence-corrected chi connectivity index (χ0v) is 22.5. The second-order valence-corrected chi connectivity index (χ2v) is 10.4. The summed E-state index contributed by atoms with van der Waals surface area (Å²) in [5.74, 6) is 0.531. The lowest BCUT2D eigenvalue weighted by Gasteiger charge is -2.32. The molecule has 5 aromatic rings. The molecule has 3 aromatic carbocycles. The summed E-state index contributed by atoms with van der Waals surface area (Å²) in [5, 5.41) is 8.14. The Morgan fingerprint density at radius 2 is 1.77 bits per heavy atom. The van der Waals surface area contributed by atoms with Crippen LogP contribution in [-0.4, -0.2) is 75.2 Å². The summed E-state index contributed by atoms with van der Waals surface area (Å²) < 4.78 is 1.77. The molecule has 0 atom stereocenters. The molecule has 0 unspecified atom stereocenters. The Labute approximate surface area is 232 Å². The molecule has 0 spiro atoms. The Morgan fingerprint density at radius 1 is 1.00 bits per heavy atom. The number of fused-ring (bicyclic) bond motifs is 1. The van der Waals surface area contributed by atoms with Gasteiger partial charge in [0.15, 0.2) is 0 Å². The molecule has 9 heteroatoms. The van der Waals surface area contributed by atoms with Crippen molar-refractivity contribution in [1.82, 2.24) is 29.5 Å². The Kier molecular flexibility index (Phi) is 7.15. The zero-order valence-electron chi connectivity index (χ0n) is 21.8. The van der Waals surface area contributed by atoms with Gasteiger partial charge in [-0.25, -0.2) is 9.67 Å². The van der Waals surface area contributed by atoms with Crippen LogP contribution in [0.2, 0.25) is 5.02 Å². The van der Waals surface area contributed by atoms with Gasteiger partial charge < -0.3 is 20.1 Å². The Balaban J connectivity index is 1.10. The summed E-state index contributed by atoms with van der Waals surface area (Å²) in [6.45, 7) is 5.57. The summed E-state index contributed by atoms with van der Waals surface area (Å²) in [6, 6.07) is 21.1. The predicted molar refractivity (Wildman–Crippen MR) is 156 cm³/mol. The number of imidazole rings is 1. The maximum atomic E-state index is 13.0. The third-order valence-corrected chi connectivity index (χ3v) is 7.47. The van der Waals surface area contributed by atoms with E-state index < -0.39 is 0 Å². The highest BCUT2D eigenvalue weighted by molar-refractivity contribution is 6.30. The number of halogens is 1. The van der Waals surface area contributed by atoms with Gasteiger partial charge in [-0.1, -0.05) is 23.7 Å². The van der Waals surface area contributed by atoms with Crippen molar-refractivity contribution in [2.45, 2.75) is 6.42 Å². The number of H-pyrrole nitrogens is 1. The van der Waals surface area contributed by atoms with E-state index in [9.17, 15) is 4.79 Å². The number of piperazine rings is 1. The first-order chi connectivity index (χ1) is 19.0. The van der Waals surface area contributed by atoms with Gasteiger partial charge >= 0.3 is 0 Å². The number of nitrogens with zero attached hydrogens (tertiary/aromatic N) is 5. The van der Waals surface area contributed by atoms with Crippen LogP contribution in [0.5, 0.6) is 0 Å². The Hall–Kier alpha value is -3.98. The highest BCUT2D eigenvalue weighted by Crippen LogP contribution is 2.23. The molecular formula is C30H30ClN7O. The number of benzene rings is 3. The topological polar surface area (TPSA) is 82.1 Å². The van der Waals surface area contributed by atoms with Gasteiger partial charge in [0, 0.05) is 55.2 Å². The smallest absolute Gasteiger partial charge is 0.255 e. The molecule has 3 heterocycles. The largest absolute Gasteiger partial charge is 0.338 e. The second-order valence-electron chi connectivity index (χ2n) is 10.0. The quantitative estimate of drug-likeness (QED) is 0.300. The van der Waals surface area contributed by atoms with Crippen molar-refractivity contribution in [3.05, 3.63) is 95.3 Å². The number of hydrogen-bond acceptors (Lipinski definition) is 5. The lowest BCUT2D eigenvalue weighted by molar-refractivity contribution is 0.102. The highest BCUT2D eigenvalue weighted by Gasteiger charge is 2.14. The first kappa shape index (κ1) is 25.3. The number of carbonyl (C=O) groups is 1. The van der Waals surface area contributed by atoms with Crippen LogP contribution in [0.4, 0.5) is 5.69 Å². The van der Waals surface area contributed by atoms with E-state index in [1.165, 1.54) is 5.56 Å². The van der Waals surface area contributed by atoms with Crippen molar-refractivity contribution in [3.8, 4) is 17.1 Å². The Bertz CT molecular complexity index is 1580. The predicted octanol–water partition coefficient (Wildman–Crippen LogP) is 5.11. The van der Waals surface area contributed by atoms with E-state index in [0.717, 1.165) is 67.1 Å². The third kappa shape index (κ3) is 5.88. The molecule has 1 saturated heterocycles. The summed E-state index contributed by atoms with van der Waals surface area (Å²) in [5.41, 5.74) is 5.94. The van der Waals surface area contributed by atoms with Crippen molar-refractivity contribution in [2.24, 2.45) is 0 Å². The molecule has 2 aromatic heterocycles. The number of amides is 1. The molecular weight excluding hydrogens is 510 g/mol. The molecule has 1 amide bonds. The van der Waals surface area contributed by atoms with Crippen LogP contribution in [0.25, 0.3) is 28.1 Å². The van der Waals surface area contributed by atoms with E-state index in [0.29, 0.717) is 16.4 Å². The molecule has 39 heavy (non-hydrogen) atoms. The molecule has 0 bridgehead atoms. The first-order valence-corrected chi connectivity index (χ1v) is 13.5. The normalized spacial score (nSPS) is 14.6. The van der Waals surface area contributed by atoms with Gasteiger partial charge in [0.1, 0.15) is 5.82 Å². The van der Waals surface area contributed by atoms with Gasteiger partial charge in [-0.2, -0.15) is 5.10 Å². The van der Waals surface area contributed by atoms with Gasteiger partial charge in [0.25, 0.3) is 5.91 Å². The van der Waals surface area contributed by atoms with E-state index in [1.54, 1.807) is 16.9 Å². The number of anilines is 1. The van der Waals surface area contributed by atoms with Crippen LogP contribution in [0.1, 0.15) is 15.9 Å². The first-order valence-electron chi connectivity index (χ1n) is 13.1. The van der Waals surface area contributed by atoms with Crippen LogP contribution >= 0.6 is 11.6 Å². The van der Waals surface area contributed by atoms with E-state index in [4.69, 9.17) is 11.6 Å². The minimum absolute atomic E-state index is 0.159. The lowest BCUT2D eigenvalue weighted by Crippen LogP contribution is -2.45. The minimum atomic E-state index is -0.159. The zero-order chi connectivity index (χ0) is 26.8. The number of aromatic amines is 1. The molecule has 2 N–H and O–H groups in total. The summed E-state index contributed by atoms with van der Waals surface area (Å²) in [4.78, 5) is 25.9. The molecule has 0 aliphatic carbocycles. The van der Waals surface area contributed by atoms with Crippen molar-refractivity contribution >= 4 is 34.2 Å². The number of aromatic nitrogens is 4. The van der Waals surface area contributed by atoms with Gasteiger partial charge in [-0.15, -0.1) is 0 Å². The SMILES string of the molecule is CN1CCN(CCc2ccc(NC(=O)c3ccc4nc(-c5cnn(-c6ccc(Cl)cc6)c5)[nH]c4c3)cc2)CC1. The fourth-order valence-electron chi connectivity index (χ4n) is 4.78. The molecule has 6 rings (SSSR count). The van der Waals surface area contributed by atoms with Gasteiger partial charge in [0.05, 0.1) is 28.5 Å². The van der Waals surface area contributed by atoms with Crippen molar-refractivity contribution in [3.63, 3.8) is 0 Å². The van der Waals surface area contributed by atoms with Crippen LogP contribution < -0.4 is 5.32 Å². The maximum absolute atomic E-state index is 13.0. The summed E-state index contributed by atoms with van der Waals surface area (Å²) in [7, 11) is 2.18. The van der Waals surface area contributed by atoms with Crippen LogP contribution in [0.15, 0.2) is 79.1 Å². The van der Waals surface area contributed by atoms with Crippen molar-refractivity contribution < 1.29 is 4.79 Å². The van der Waals surface area contributed by atoms with Crippen molar-refractivity contribution in [2.75, 3.05) is 45.1 Å². The fourth-order valence-corrected chi connectivity index (χ4v) is 4.91. The lowest BCUT2D eigenvalue weighted by atomic mass is 10.1. The number of likely N-dealkylation sites (N-methyl/N-ethyl adjacent to an activating group) is 1. The number of hydrogen-bond donors (Lipinski definition) is 2. The number of nitrogens with one attached hydrogen (secondary N) is 2. The second kappa shape index (κ2) is 11.0. The molecule has 198 valence electrons. The van der Waals surface area contributed by atoms with Gasteiger partial charge in [-0.3, -0.25) is 4.79 Å².